The first-order chi connectivity index (χ1) is 9.63. The molecule has 0 saturated carbocycles. The van der Waals surface area contributed by atoms with Gasteiger partial charge in [-0.15, -0.1) is 0 Å². The van der Waals surface area contributed by atoms with E-state index in [0.29, 0.717) is 12.1 Å². The minimum Gasteiger partial charge on any atom is -0.465 e. The Morgan fingerprint density at radius 2 is 2.00 bits per heavy atom. The highest BCUT2D eigenvalue weighted by atomic mass is 32.2. The summed E-state index contributed by atoms with van der Waals surface area (Å²) in [4.78, 5) is 11.6. The van der Waals surface area contributed by atoms with Gasteiger partial charge in [-0.2, -0.15) is 0 Å². The number of ether oxygens (including phenoxy) is 1. The Kier molecular flexibility index (Phi) is 5.36. The summed E-state index contributed by atoms with van der Waals surface area (Å²) in [6.45, 7) is 5.56. The Hall–Kier alpha value is -1.60. The van der Waals surface area contributed by atoms with Crippen LogP contribution in [0.25, 0.3) is 0 Å². The molecular weight excluding hydrogens is 292 g/mol. The van der Waals surface area contributed by atoms with Crippen LogP contribution in [0.2, 0.25) is 0 Å². The van der Waals surface area contributed by atoms with Crippen molar-refractivity contribution < 1.29 is 17.9 Å². The van der Waals surface area contributed by atoms with Gasteiger partial charge in [0.1, 0.15) is 0 Å². The van der Waals surface area contributed by atoms with Crippen LogP contribution in [0, 0.1) is 0 Å². The fraction of sp³-hybridized carbons (Fsp3) is 0.500. The molecule has 21 heavy (non-hydrogen) atoms. The van der Waals surface area contributed by atoms with E-state index in [9.17, 15) is 13.2 Å². The van der Waals surface area contributed by atoms with Gasteiger partial charge >= 0.3 is 5.97 Å². The summed E-state index contributed by atoms with van der Waals surface area (Å²) in [5, 5.41) is 0. The molecule has 118 valence electrons. The number of nitrogens with one attached hydrogen (secondary N) is 1. The van der Waals surface area contributed by atoms with Gasteiger partial charge in [-0.05, 0) is 38.5 Å². The molecule has 0 radical (unpaired) electrons. The van der Waals surface area contributed by atoms with E-state index in [-0.39, 0.29) is 10.5 Å². The van der Waals surface area contributed by atoms with Gasteiger partial charge in [-0.25, -0.2) is 17.9 Å². The van der Waals surface area contributed by atoms with Gasteiger partial charge in [-0.1, -0.05) is 13.3 Å². The van der Waals surface area contributed by atoms with Crippen LogP contribution in [-0.2, 0) is 14.8 Å². The Bertz CT molecular complexity index is 624. The average molecular weight is 314 g/mol. The van der Waals surface area contributed by atoms with E-state index < -0.39 is 21.5 Å². The number of sulfonamides is 1. The fourth-order valence-electron chi connectivity index (χ4n) is 2.15. The molecule has 3 N–H and O–H groups in total. The summed E-state index contributed by atoms with van der Waals surface area (Å²) in [7, 11) is -2.66. The number of anilines is 1. The molecule has 0 aliphatic rings. The Balaban J connectivity index is 3.29. The number of carbonyl (C=O) groups is 1. The number of rotatable bonds is 6. The second-order valence-corrected chi connectivity index (χ2v) is 7.14. The molecule has 1 aromatic carbocycles. The highest BCUT2D eigenvalue weighted by Gasteiger charge is 2.29. The van der Waals surface area contributed by atoms with E-state index in [1.807, 2.05) is 6.92 Å². The summed E-state index contributed by atoms with van der Waals surface area (Å²) < 4.78 is 32.3. The molecule has 0 fully saturated rings. The van der Waals surface area contributed by atoms with Crippen molar-refractivity contribution in [2.45, 2.75) is 44.0 Å². The SMILES string of the molecule is CCCC(C)(C)NS(=O)(=O)c1ccc(N)cc1C(=O)OC. The van der Waals surface area contributed by atoms with Gasteiger partial charge in [0.2, 0.25) is 10.0 Å². The van der Waals surface area contributed by atoms with Crippen LogP contribution in [0.4, 0.5) is 5.69 Å². The molecule has 1 aromatic rings. The zero-order valence-corrected chi connectivity index (χ0v) is 13.6. The van der Waals surface area contributed by atoms with Gasteiger partial charge in [0.15, 0.2) is 0 Å². The van der Waals surface area contributed by atoms with Crippen molar-refractivity contribution in [3.8, 4) is 0 Å². The molecule has 0 amide bonds. The lowest BCUT2D eigenvalue weighted by Crippen LogP contribution is -2.43. The standard InChI is InChI=1S/C14H22N2O4S/c1-5-8-14(2,3)16-21(18,19)12-7-6-10(15)9-11(12)13(17)20-4/h6-7,9,16H,5,8,15H2,1-4H3. The lowest BCUT2D eigenvalue weighted by atomic mass is 10.0. The molecule has 0 spiro atoms. The van der Waals surface area contributed by atoms with Crippen molar-refractivity contribution in [2.24, 2.45) is 0 Å². The smallest absolute Gasteiger partial charge is 0.339 e. The van der Waals surface area contributed by atoms with Crippen LogP contribution in [0.5, 0.6) is 0 Å². The summed E-state index contributed by atoms with van der Waals surface area (Å²) in [6.07, 6.45) is 1.51. The first kappa shape index (κ1) is 17.5. The van der Waals surface area contributed by atoms with E-state index in [1.54, 1.807) is 13.8 Å². The Morgan fingerprint density at radius 3 is 2.52 bits per heavy atom. The topological polar surface area (TPSA) is 98.5 Å². The number of benzene rings is 1. The molecule has 6 nitrogen and oxygen atoms in total. The van der Waals surface area contributed by atoms with E-state index >= 15 is 0 Å². The molecule has 0 aliphatic carbocycles. The largest absolute Gasteiger partial charge is 0.465 e. The van der Waals surface area contributed by atoms with Gasteiger partial charge in [0.25, 0.3) is 0 Å². The van der Waals surface area contributed by atoms with E-state index in [2.05, 4.69) is 9.46 Å². The van der Waals surface area contributed by atoms with Crippen molar-refractivity contribution >= 4 is 21.7 Å². The normalized spacial score (nSPS) is 12.2. The molecule has 0 aromatic heterocycles. The molecule has 0 atom stereocenters. The van der Waals surface area contributed by atoms with E-state index in [4.69, 9.17) is 5.73 Å². The van der Waals surface area contributed by atoms with Crippen molar-refractivity contribution in [2.75, 3.05) is 12.8 Å². The van der Waals surface area contributed by atoms with Crippen molar-refractivity contribution in [3.63, 3.8) is 0 Å². The Labute approximate surface area is 125 Å². The van der Waals surface area contributed by atoms with Crippen LogP contribution in [-0.4, -0.2) is 27.0 Å². The molecule has 0 heterocycles. The first-order valence-electron chi connectivity index (χ1n) is 6.65. The van der Waals surface area contributed by atoms with Gasteiger partial charge in [-0.3, -0.25) is 0 Å². The zero-order valence-electron chi connectivity index (χ0n) is 12.8. The van der Waals surface area contributed by atoms with Crippen molar-refractivity contribution in [1.29, 1.82) is 0 Å². The maximum Gasteiger partial charge on any atom is 0.339 e. The third kappa shape index (κ3) is 4.44. The monoisotopic (exact) mass is 314 g/mol. The molecule has 0 unspecified atom stereocenters. The summed E-state index contributed by atoms with van der Waals surface area (Å²) in [5.74, 6) is -0.740. The van der Waals surface area contributed by atoms with Crippen LogP contribution in [0.3, 0.4) is 0 Å². The fourth-order valence-corrected chi connectivity index (χ4v) is 3.76. The number of nitrogens with two attached hydrogens (primary N) is 1. The van der Waals surface area contributed by atoms with Gasteiger partial charge in [0, 0.05) is 11.2 Å². The number of esters is 1. The lowest BCUT2D eigenvalue weighted by molar-refractivity contribution is 0.0596. The summed E-state index contributed by atoms with van der Waals surface area (Å²) in [5.41, 5.74) is 5.23. The predicted molar refractivity (Wildman–Crippen MR) is 81.5 cm³/mol. The van der Waals surface area contributed by atoms with Gasteiger partial charge in [0.05, 0.1) is 17.6 Å². The highest BCUT2D eigenvalue weighted by molar-refractivity contribution is 7.89. The van der Waals surface area contributed by atoms with E-state index in [1.165, 1.54) is 25.3 Å². The quantitative estimate of drug-likeness (QED) is 0.617. The van der Waals surface area contributed by atoms with E-state index in [0.717, 1.165) is 6.42 Å². The lowest BCUT2D eigenvalue weighted by Gasteiger charge is -2.25. The first-order valence-corrected chi connectivity index (χ1v) is 8.13. The average Bonchev–Trinajstić information content (AvgIpc) is 2.35. The highest BCUT2D eigenvalue weighted by Crippen LogP contribution is 2.22. The summed E-state index contributed by atoms with van der Waals surface area (Å²) >= 11 is 0. The molecule has 0 aliphatic heterocycles. The molecule has 1 rings (SSSR count). The number of hydrogen-bond acceptors (Lipinski definition) is 5. The third-order valence-corrected chi connectivity index (χ3v) is 4.74. The van der Waals surface area contributed by atoms with Crippen LogP contribution in [0.1, 0.15) is 44.0 Å². The maximum atomic E-state index is 12.5. The Morgan fingerprint density at radius 1 is 1.38 bits per heavy atom. The maximum absolute atomic E-state index is 12.5. The van der Waals surface area contributed by atoms with Crippen LogP contribution in [0.15, 0.2) is 23.1 Å². The molecule has 0 bridgehead atoms. The molecule has 0 saturated heterocycles. The van der Waals surface area contributed by atoms with Crippen LogP contribution < -0.4 is 10.5 Å². The number of methoxy groups -OCH3 is 1. The second-order valence-electron chi connectivity index (χ2n) is 5.49. The number of hydrogen-bond donors (Lipinski definition) is 2. The minimum atomic E-state index is -3.85. The summed E-state index contributed by atoms with van der Waals surface area (Å²) in [6, 6.07) is 4.05. The van der Waals surface area contributed by atoms with Crippen LogP contribution >= 0.6 is 0 Å². The predicted octanol–water partition coefficient (Wildman–Crippen LogP) is 1.91. The van der Waals surface area contributed by atoms with Crippen molar-refractivity contribution in [1.82, 2.24) is 4.72 Å². The number of nitrogen functional groups attached to an aromatic ring is 1. The third-order valence-electron chi connectivity index (χ3n) is 2.98. The molecular formula is C14H22N2O4S. The van der Waals surface area contributed by atoms with Gasteiger partial charge < -0.3 is 10.5 Å². The molecule has 7 heteroatoms. The second kappa shape index (κ2) is 6.44. The number of carbonyl (C=O) groups excluding carboxylic acids is 1. The zero-order chi connectivity index (χ0) is 16.3. The minimum absolute atomic E-state index is 0.0719. The van der Waals surface area contributed by atoms with Crippen molar-refractivity contribution in [3.05, 3.63) is 23.8 Å².